The van der Waals surface area contributed by atoms with Crippen molar-refractivity contribution in [3.63, 3.8) is 0 Å². The van der Waals surface area contributed by atoms with E-state index in [4.69, 9.17) is 14.2 Å². The number of hydrogen-bond donors (Lipinski definition) is 2. The summed E-state index contributed by atoms with van der Waals surface area (Å²) in [6.07, 6.45) is 3.37. The van der Waals surface area contributed by atoms with Crippen LogP contribution in [-0.2, 0) is 14.3 Å². The number of ether oxygens (including phenoxy) is 3. The van der Waals surface area contributed by atoms with Crippen LogP contribution in [0.15, 0.2) is 48.5 Å². The molecular weight excluding hydrogens is 436 g/mol. The Morgan fingerprint density at radius 1 is 0.824 bits per heavy atom. The van der Waals surface area contributed by atoms with Crippen LogP contribution in [0.1, 0.15) is 57.9 Å². The first-order valence-corrected chi connectivity index (χ1v) is 11.7. The second-order valence-electron chi connectivity index (χ2n) is 8.15. The smallest absolute Gasteiger partial charge is 0.328 e. The Hall–Kier alpha value is -3.39. The van der Waals surface area contributed by atoms with Crippen LogP contribution in [0.3, 0.4) is 0 Å². The van der Waals surface area contributed by atoms with Crippen LogP contribution in [0.4, 0.5) is 4.79 Å². The van der Waals surface area contributed by atoms with Crippen molar-refractivity contribution in [1.82, 2.24) is 10.6 Å². The van der Waals surface area contributed by atoms with Gasteiger partial charge in [-0.05, 0) is 67.6 Å². The summed E-state index contributed by atoms with van der Waals surface area (Å²) < 4.78 is 17.1. The van der Waals surface area contributed by atoms with Gasteiger partial charge >= 0.3 is 6.03 Å². The van der Waals surface area contributed by atoms with Gasteiger partial charge in [-0.1, -0.05) is 32.4 Å². The fourth-order valence-electron chi connectivity index (χ4n) is 3.95. The number of barbiturate groups is 1. The van der Waals surface area contributed by atoms with Gasteiger partial charge in [-0.15, -0.1) is 0 Å². The summed E-state index contributed by atoms with van der Waals surface area (Å²) in [6, 6.07) is 13.8. The molecule has 0 radical (unpaired) electrons. The minimum absolute atomic E-state index is 0.0484. The molecule has 0 bridgehead atoms. The highest BCUT2D eigenvalue weighted by Gasteiger charge is 2.52. The molecule has 3 rings (SSSR count). The molecular formula is C26H32N2O6. The topological polar surface area (TPSA) is 103 Å². The molecule has 182 valence electrons. The third kappa shape index (κ3) is 5.94. The second-order valence-corrected chi connectivity index (χ2v) is 8.15. The van der Waals surface area contributed by atoms with Gasteiger partial charge in [0.2, 0.25) is 0 Å². The summed E-state index contributed by atoms with van der Waals surface area (Å²) in [5, 5.41) is 4.20. The number of rotatable bonds is 12. The molecule has 2 aromatic rings. The molecule has 1 fully saturated rings. The van der Waals surface area contributed by atoms with E-state index >= 15 is 0 Å². The number of carbonyl (C=O) groups is 3. The molecule has 34 heavy (non-hydrogen) atoms. The third-order valence-corrected chi connectivity index (χ3v) is 5.82. The van der Waals surface area contributed by atoms with Crippen molar-refractivity contribution in [2.45, 2.75) is 58.0 Å². The summed E-state index contributed by atoms with van der Waals surface area (Å²) in [7, 11) is 0. The second kappa shape index (κ2) is 11.7. The molecule has 8 nitrogen and oxygen atoms in total. The van der Waals surface area contributed by atoms with Crippen molar-refractivity contribution >= 4 is 17.8 Å². The highest BCUT2D eigenvalue weighted by Crippen LogP contribution is 2.30. The Morgan fingerprint density at radius 3 is 1.91 bits per heavy atom. The molecule has 1 atom stereocenters. The molecule has 0 spiro atoms. The zero-order chi connectivity index (χ0) is 24.6. The highest BCUT2D eigenvalue weighted by molar-refractivity contribution is 6.21. The lowest BCUT2D eigenvalue weighted by Gasteiger charge is -2.34. The van der Waals surface area contributed by atoms with Crippen LogP contribution in [0.5, 0.6) is 17.2 Å². The predicted molar refractivity (Wildman–Crippen MR) is 127 cm³/mol. The highest BCUT2D eigenvalue weighted by atomic mass is 16.5. The van der Waals surface area contributed by atoms with Gasteiger partial charge in [0.1, 0.15) is 17.2 Å². The molecule has 4 amide bonds. The lowest BCUT2D eigenvalue weighted by molar-refractivity contribution is -0.153. The zero-order valence-corrected chi connectivity index (χ0v) is 19.9. The fourth-order valence-corrected chi connectivity index (χ4v) is 3.95. The molecule has 0 aliphatic carbocycles. The maximum absolute atomic E-state index is 12.6. The molecule has 1 saturated heterocycles. The molecule has 2 aromatic carbocycles. The van der Waals surface area contributed by atoms with E-state index in [0.29, 0.717) is 24.0 Å². The largest absolute Gasteiger partial charge is 0.467 e. The van der Waals surface area contributed by atoms with Crippen molar-refractivity contribution in [3.05, 3.63) is 54.1 Å². The van der Waals surface area contributed by atoms with Crippen LogP contribution < -0.4 is 20.1 Å². The summed E-state index contributed by atoms with van der Waals surface area (Å²) in [5.74, 6) is 0.474. The Morgan fingerprint density at radius 2 is 1.38 bits per heavy atom. The van der Waals surface area contributed by atoms with Crippen molar-refractivity contribution < 1.29 is 28.6 Å². The number of hydrogen-bond acceptors (Lipinski definition) is 6. The van der Waals surface area contributed by atoms with Gasteiger partial charge < -0.3 is 14.2 Å². The molecule has 0 aromatic heterocycles. The third-order valence-electron chi connectivity index (χ3n) is 5.82. The summed E-state index contributed by atoms with van der Waals surface area (Å²) >= 11 is 0. The Kier molecular flexibility index (Phi) is 8.65. The van der Waals surface area contributed by atoms with Gasteiger partial charge in [0.25, 0.3) is 17.4 Å². The van der Waals surface area contributed by atoms with Gasteiger partial charge in [-0.3, -0.25) is 20.2 Å². The quantitative estimate of drug-likeness (QED) is 0.346. The fraction of sp³-hybridized carbons (Fsp3) is 0.423. The summed E-state index contributed by atoms with van der Waals surface area (Å²) in [4.78, 5) is 36.7. The van der Waals surface area contributed by atoms with Gasteiger partial charge in [0.05, 0.1) is 6.61 Å². The van der Waals surface area contributed by atoms with E-state index in [1.807, 2.05) is 12.1 Å². The van der Waals surface area contributed by atoms with Gasteiger partial charge in [0, 0.05) is 13.0 Å². The number of amides is 4. The number of benzene rings is 2. The molecule has 1 aliphatic rings. The maximum atomic E-state index is 12.6. The van der Waals surface area contributed by atoms with E-state index in [1.165, 1.54) is 5.56 Å². The molecule has 1 aliphatic heterocycles. The first-order chi connectivity index (χ1) is 16.4. The lowest BCUT2D eigenvalue weighted by Crippen LogP contribution is -2.69. The zero-order valence-electron chi connectivity index (χ0n) is 19.9. The molecule has 1 heterocycles. The number of imide groups is 2. The first-order valence-electron chi connectivity index (χ1n) is 11.7. The van der Waals surface area contributed by atoms with Crippen LogP contribution >= 0.6 is 0 Å². The van der Waals surface area contributed by atoms with E-state index in [-0.39, 0.29) is 18.8 Å². The van der Waals surface area contributed by atoms with Crippen LogP contribution in [0.2, 0.25) is 0 Å². The van der Waals surface area contributed by atoms with E-state index in [9.17, 15) is 14.4 Å². The number of urea groups is 1. The molecule has 0 saturated carbocycles. The minimum atomic E-state index is -1.91. The standard InChI is InChI=1S/C26H32N2O6/c1-4-7-18(5-2)19-8-10-20(11-9-19)33-21-12-14-22(15-13-21)34-26(16-17-32-6-3)23(29)27-25(31)28-24(26)30/h8-15,18H,4-7,16-17H2,1-3H3,(H2,27,28,29,30,31). The monoisotopic (exact) mass is 468 g/mol. The minimum Gasteiger partial charge on any atom is -0.467 e. The lowest BCUT2D eigenvalue weighted by atomic mass is 9.92. The normalized spacial score (nSPS) is 15.9. The van der Waals surface area contributed by atoms with E-state index in [0.717, 1.165) is 19.3 Å². The Bertz CT molecular complexity index is 967. The van der Waals surface area contributed by atoms with Gasteiger partial charge in [-0.2, -0.15) is 0 Å². The molecule has 8 heteroatoms. The average molecular weight is 469 g/mol. The van der Waals surface area contributed by atoms with Crippen LogP contribution in [-0.4, -0.2) is 36.7 Å². The number of nitrogens with one attached hydrogen (secondary N) is 2. The van der Waals surface area contributed by atoms with Crippen molar-refractivity contribution in [2.24, 2.45) is 0 Å². The number of carbonyl (C=O) groups excluding carboxylic acids is 3. The summed E-state index contributed by atoms with van der Waals surface area (Å²) in [6.45, 7) is 6.73. The molecule has 2 N–H and O–H groups in total. The van der Waals surface area contributed by atoms with Crippen LogP contribution in [0, 0.1) is 0 Å². The van der Waals surface area contributed by atoms with Crippen molar-refractivity contribution in [2.75, 3.05) is 13.2 Å². The first kappa shape index (κ1) is 25.2. The van der Waals surface area contributed by atoms with E-state index in [2.05, 4.69) is 36.6 Å². The SMILES string of the molecule is CCCC(CC)c1ccc(Oc2ccc(OC3(CCOCC)C(=O)NC(=O)NC3=O)cc2)cc1. The van der Waals surface area contributed by atoms with Crippen LogP contribution in [0.25, 0.3) is 0 Å². The summed E-state index contributed by atoms with van der Waals surface area (Å²) in [5.41, 5.74) is -0.601. The average Bonchev–Trinajstić information content (AvgIpc) is 2.82. The van der Waals surface area contributed by atoms with Crippen molar-refractivity contribution in [1.29, 1.82) is 0 Å². The van der Waals surface area contributed by atoms with E-state index < -0.39 is 23.4 Å². The van der Waals surface area contributed by atoms with E-state index in [1.54, 1.807) is 31.2 Å². The Labute approximate surface area is 200 Å². The van der Waals surface area contributed by atoms with Gasteiger partial charge in [0.15, 0.2) is 0 Å². The van der Waals surface area contributed by atoms with Crippen molar-refractivity contribution in [3.8, 4) is 17.2 Å². The molecule has 1 unspecified atom stereocenters. The van der Waals surface area contributed by atoms with Gasteiger partial charge in [-0.25, -0.2) is 4.79 Å². The Balaban J connectivity index is 1.70. The maximum Gasteiger partial charge on any atom is 0.328 e. The predicted octanol–water partition coefficient (Wildman–Crippen LogP) is 4.68.